The van der Waals surface area contributed by atoms with E-state index in [1.807, 2.05) is 0 Å². The van der Waals surface area contributed by atoms with Crippen LogP contribution in [-0.4, -0.2) is 66.8 Å². The molecular formula is C11H16F6N2O5S2. The number of rotatable bonds is 1. The second-order valence-electron chi connectivity index (χ2n) is 5.49. The lowest BCUT2D eigenvalue weighted by atomic mass is 10.2. The lowest BCUT2D eigenvalue weighted by Gasteiger charge is -2.25. The normalized spacial score (nSPS) is 20.0. The first-order chi connectivity index (χ1) is 11.6. The van der Waals surface area contributed by atoms with Gasteiger partial charge in [0.05, 0.1) is 13.1 Å². The predicted molar refractivity (Wildman–Crippen MR) is 75.5 cm³/mol. The monoisotopic (exact) mass is 434 g/mol. The maximum atomic E-state index is 12.6. The van der Waals surface area contributed by atoms with Gasteiger partial charge in [0.2, 0.25) is 0 Å². The van der Waals surface area contributed by atoms with Crippen LogP contribution in [0.4, 0.5) is 26.3 Å². The standard InChI is InChI=1S/C10H16F3N2O2S.CHF3O3S/c11-10(12,13)18(16,17)15-8-4-7-14-6-3-1-2-5-9(14)15;2-1(3,4)8(5,6)7/h1-8H2;(H,5,6,7)/q+1;/p-1. The van der Waals surface area contributed by atoms with Crippen molar-refractivity contribution in [2.75, 3.05) is 19.6 Å². The maximum Gasteiger partial charge on any atom is 0.537 e. The second-order valence-corrected chi connectivity index (χ2v) is 8.72. The molecule has 0 atom stereocenters. The third-order valence-electron chi connectivity index (χ3n) is 3.64. The summed E-state index contributed by atoms with van der Waals surface area (Å²) in [6.45, 7) is 1.24. The van der Waals surface area contributed by atoms with Gasteiger partial charge in [-0.25, -0.2) is 8.42 Å². The van der Waals surface area contributed by atoms with Gasteiger partial charge in [-0.15, -0.1) is 4.31 Å². The molecular weight excluding hydrogens is 418 g/mol. The molecule has 0 amide bonds. The van der Waals surface area contributed by atoms with E-state index in [0.717, 1.165) is 19.3 Å². The smallest absolute Gasteiger partial charge is 0.537 e. The quantitative estimate of drug-likeness (QED) is 0.270. The highest BCUT2D eigenvalue weighted by Gasteiger charge is 2.56. The van der Waals surface area contributed by atoms with Crippen LogP contribution in [0.3, 0.4) is 0 Å². The van der Waals surface area contributed by atoms with E-state index in [1.165, 1.54) is 0 Å². The van der Waals surface area contributed by atoms with Crippen LogP contribution in [0.2, 0.25) is 0 Å². The van der Waals surface area contributed by atoms with E-state index in [2.05, 4.69) is 0 Å². The highest BCUT2D eigenvalue weighted by molar-refractivity contribution is 7.90. The highest BCUT2D eigenvalue weighted by atomic mass is 32.2. The van der Waals surface area contributed by atoms with Crippen LogP contribution in [0.5, 0.6) is 0 Å². The van der Waals surface area contributed by atoms with Gasteiger partial charge in [0.1, 0.15) is 6.54 Å². The summed E-state index contributed by atoms with van der Waals surface area (Å²) in [5.41, 5.74) is -10.9. The zero-order valence-electron chi connectivity index (χ0n) is 13.2. The summed E-state index contributed by atoms with van der Waals surface area (Å²) < 4.78 is 122. The van der Waals surface area contributed by atoms with E-state index in [1.54, 1.807) is 4.58 Å². The Balaban J connectivity index is 0.000000359. The number of sulfonamides is 1. The lowest BCUT2D eigenvalue weighted by molar-refractivity contribution is -0.537. The molecule has 0 aromatic carbocycles. The molecule has 2 rings (SSSR count). The van der Waals surface area contributed by atoms with Crippen LogP contribution < -0.4 is 0 Å². The number of hydrogen-bond donors (Lipinski definition) is 0. The topological polar surface area (TPSA) is 97.6 Å². The van der Waals surface area contributed by atoms with Gasteiger partial charge in [-0.1, -0.05) is 0 Å². The van der Waals surface area contributed by atoms with E-state index < -0.39 is 31.2 Å². The van der Waals surface area contributed by atoms with Crippen molar-refractivity contribution in [3.63, 3.8) is 0 Å². The largest absolute Gasteiger partial charge is 0.741 e. The van der Waals surface area contributed by atoms with E-state index in [0.29, 0.717) is 36.1 Å². The van der Waals surface area contributed by atoms with Crippen molar-refractivity contribution in [2.24, 2.45) is 0 Å². The Labute approximate surface area is 146 Å². The van der Waals surface area contributed by atoms with Crippen LogP contribution in [-0.2, 0) is 20.1 Å². The van der Waals surface area contributed by atoms with Crippen molar-refractivity contribution in [1.82, 2.24) is 4.31 Å². The SMILES string of the molecule is O=S(=O)(N1CCC[N+]2=C1CCCCC2)C(F)(F)F.O=S(=O)([O-])C(F)(F)F. The summed E-state index contributed by atoms with van der Waals surface area (Å²) in [7, 11) is -11.3. The second kappa shape index (κ2) is 7.88. The lowest BCUT2D eigenvalue weighted by Crippen LogP contribution is -2.51. The maximum absolute atomic E-state index is 12.6. The number of nitrogens with zero attached hydrogens (tertiary/aromatic N) is 2. The van der Waals surface area contributed by atoms with E-state index in [-0.39, 0.29) is 6.54 Å². The van der Waals surface area contributed by atoms with Gasteiger partial charge in [-0.2, -0.15) is 34.8 Å². The van der Waals surface area contributed by atoms with Crippen molar-refractivity contribution in [2.45, 2.75) is 43.1 Å². The number of hydrogen-bond acceptors (Lipinski definition) is 5. The predicted octanol–water partition coefficient (Wildman–Crippen LogP) is 1.58. The minimum atomic E-state index is -6.09. The van der Waals surface area contributed by atoms with Gasteiger partial charge in [0.25, 0.3) is 5.84 Å². The molecule has 0 fully saturated rings. The average Bonchev–Trinajstić information content (AvgIpc) is 2.69. The summed E-state index contributed by atoms with van der Waals surface area (Å²) in [4.78, 5) is 0. The minimum absolute atomic E-state index is 0.0618. The Kier molecular flexibility index (Phi) is 6.95. The third-order valence-corrected chi connectivity index (χ3v) is 5.76. The molecule has 2 aliphatic heterocycles. The fourth-order valence-electron chi connectivity index (χ4n) is 2.49. The van der Waals surface area contributed by atoms with Gasteiger partial charge in [0.15, 0.2) is 10.1 Å². The molecule has 0 radical (unpaired) electrons. The first kappa shape index (κ1) is 23.0. The molecule has 0 unspecified atom stereocenters. The summed E-state index contributed by atoms with van der Waals surface area (Å²) in [5, 5.41) is 0. The van der Waals surface area contributed by atoms with E-state index >= 15 is 0 Å². The van der Waals surface area contributed by atoms with Crippen molar-refractivity contribution in [3.8, 4) is 0 Å². The average molecular weight is 434 g/mol. The summed E-state index contributed by atoms with van der Waals surface area (Å²) >= 11 is 0. The molecule has 0 N–H and O–H groups in total. The van der Waals surface area contributed by atoms with Crippen molar-refractivity contribution >= 4 is 26.0 Å². The molecule has 0 aliphatic carbocycles. The Hall–Kier alpha value is -1.09. The van der Waals surface area contributed by atoms with Crippen molar-refractivity contribution < 1.29 is 52.3 Å². The third kappa shape index (κ3) is 5.45. The Morgan fingerprint density at radius 2 is 1.35 bits per heavy atom. The molecule has 0 aromatic heterocycles. The molecule has 0 spiro atoms. The van der Waals surface area contributed by atoms with Gasteiger partial charge in [-0.3, -0.25) is 4.58 Å². The number of alkyl halides is 6. The summed E-state index contributed by atoms with van der Waals surface area (Å²) in [5.74, 6) is 0.330. The van der Waals surface area contributed by atoms with Gasteiger partial charge >= 0.3 is 21.0 Å². The molecule has 0 saturated heterocycles. The first-order valence-electron chi connectivity index (χ1n) is 7.31. The zero-order chi connectivity index (χ0) is 20.4. The van der Waals surface area contributed by atoms with Crippen LogP contribution in [0, 0.1) is 0 Å². The molecule has 154 valence electrons. The molecule has 2 aliphatic rings. The minimum Gasteiger partial charge on any atom is -0.741 e. The molecule has 0 saturated carbocycles. The summed E-state index contributed by atoms with van der Waals surface area (Å²) in [6.07, 6.45) is 3.44. The molecule has 2 heterocycles. The van der Waals surface area contributed by atoms with Gasteiger partial charge in [-0.05, 0) is 19.3 Å². The Bertz CT molecular complexity index is 742. The molecule has 0 aromatic rings. The highest BCUT2D eigenvalue weighted by Crippen LogP contribution is 2.29. The van der Waals surface area contributed by atoms with Crippen LogP contribution >= 0.6 is 0 Å². The molecule has 15 heteroatoms. The van der Waals surface area contributed by atoms with Crippen molar-refractivity contribution in [3.05, 3.63) is 0 Å². The van der Waals surface area contributed by atoms with Gasteiger partial charge in [0, 0.05) is 12.8 Å². The van der Waals surface area contributed by atoms with Crippen LogP contribution in [0.25, 0.3) is 0 Å². The first-order valence-corrected chi connectivity index (χ1v) is 10.2. The molecule has 26 heavy (non-hydrogen) atoms. The fraction of sp³-hybridized carbons (Fsp3) is 0.909. The number of halogens is 6. The zero-order valence-corrected chi connectivity index (χ0v) is 14.8. The summed E-state index contributed by atoms with van der Waals surface area (Å²) in [6, 6.07) is 0. The Morgan fingerprint density at radius 1 is 0.846 bits per heavy atom. The number of amidine groups is 1. The van der Waals surface area contributed by atoms with Gasteiger partial charge < -0.3 is 4.55 Å². The molecule has 7 nitrogen and oxygen atoms in total. The fourth-order valence-corrected chi connectivity index (χ4v) is 3.59. The van der Waals surface area contributed by atoms with Crippen molar-refractivity contribution in [1.29, 1.82) is 0 Å². The Morgan fingerprint density at radius 3 is 1.81 bits per heavy atom. The van der Waals surface area contributed by atoms with Crippen LogP contribution in [0.1, 0.15) is 32.1 Å². The van der Waals surface area contributed by atoms with E-state index in [9.17, 15) is 34.8 Å². The molecule has 0 bridgehead atoms. The van der Waals surface area contributed by atoms with Crippen LogP contribution in [0.15, 0.2) is 0 Å². The van der Waals surface area contributed by atoms with E-state index in [4.69, 9.17) is 13.0 Å².